The average molecular weight is 581 g/mol. The number of carboxylic acids is 1. The molecule has 1 aromatic carbocycles. The summed E-state index contributed by atoms with van der Waals surface area (Å²) >= 11 is 3.23. The number of aromatic carboxylic acids is 1. The number of ether oxygens (including phenoxy) is 2. The molecular formula is C21H30BrN2O10P. The zero-order valence-electron chi connectivity index (χ0n) is 19.9. The summed E-state index contributed by atoms with van der Waals surface area (Å²) < 4.78 is 33.5. The van der Waals surface area contributed by atoms with Gasteiger partial charge in [-0.1, -0.05) is 15.9 Å². The Morgan fingerprint density at radius 3 is 2.34 bits per heavy atom. The molecule has 35 heavy (non-hydrogen) atoms. The molecule has 2 N–H and O–H groups in total. The van der Waals surface area contributed by atoms with Crippen molar-refractivity contribution in [3.05, 3.63) is 28.2 Å². The molecule has 14 heteroatoms. The van der Waals surface area contributed by atoms with Crippen molar-refractivity contribution >= 4 is 47.3 Å². The number of nitrogens with one attached hydrogen (secondary N) is 1. The lowest BCUT2D eigenvalue weighted by Crippen LogP contribution is -2.46. The molecule has 1 atom stereocenters. The van der Waals surface area contributed by atoms with Crippen LogP contribution in [0, 0.1) is 0 Å². The van der Waals surface area contributed by atoms with Crippen molar-refractivity contribution in [2.75, 3.05) is 46.7 Å². The van der Waals surface area contributed by atoms with Gasteiger partial charge in [-0.25, -0.2) is 4.79 Å². The van der Waals surface area contributed by atoms with Crippen LogP contribution < -0.4 is 10.1 Å². The number of carbonyl (C=O) groups excluding carboxylic acids is 3. The highest BCUT2D eigenvalue weighted by Gasteiger charge is 2.30. The van der Waals surface area contributed by atoms with Crippen molar-refractivity contribution in [3.63, 3.8) is 0 Å². The van der Waals surface area contributed by atoms with Gasteiger partial charge in [0.15, 0.2) is 0 Å². The molecule has 0 aliphatic rings. The third-order valence-electron chi connectivity index (χ3n) is 4.41. The van der Waals surface area contributed by atoms with E-state index in [-0.39, 0.29) is 37.6 Å². The molecule has 2 amide bonds. The van der Waals surface area contributed by atoms with E-state index < -0.39 is 50.1 Å². The molecule has 0 heterocycles. The van der Waals surface area contributed by atoms with E-state index in [4.69, 9.17) is 13.8 Å². The van der Waals surface area contributed by atoms with Crippen LogP contribution in [0.25, 0.3) is 0 Å². The van der Waals surface area contributed by atoms with Gasteiger partial charge in [-0.3, -0.25) is 18.9 Å². The maximum absolute atomic E-state index is 12.6. The first-order valence-electron chi connectivity index (χ1n) is 10.6. The van der Waals surface area contributed by atoms with Gasteiger partial charge in [-0.2, -0.15) is 0 Å². The summed E-state index contributed by atoms with van der Waals surface area (Å²) in [6.07, 6.45) is -0.797. The number of rotatable bonds is 15. The van der Waals surface area contributed by atoms with Crippen LogP contribution in [0.5, 0.6) is 5.75 Å². The molecule has 1 aromatic rings. The Morgan fingerprint density at radius 1 is 1.17 bits per heavy atom. The number of methoxy groups -OCH3 is 1. The Bertz CT molecular complexity index is 948. The Kier molecular flexibility index (Phi) is 12.9. The third-order valence-corrected chi connectivity index (χ3v) is 6.86. The van der Waals surface area contributed by atoms with Gasteiger partial charge in [0.1, 0.15) is 24.1 Å². The molecule has 0 saturated carbocycles. The fraction of sp³-hybridized carbons (Fsp3) is 0.524. The number of likely N-dealkylation sites (N-methyl/N-ethyl adjacent to an activating group) is 1. The highest BCUT2D eigenvalue weighted by molar-refractivity contribution is 9.10. The lowest BCUT2D eigenvalue weighted by molar-refractivity contribution is -0.142. The van der Waals surface area contributed by atoms with Gasteiger partial charge in [-0.05, 0) is 32.0 Å². The summed E-state index contributed by atoms with van der Waals surface area (Å²) in [6.45, 7) is 2.75. The van der Waals surface area contributed by atoms with E-state index >= 15 is 0 Å². The topological polar surface area (TPSA) is 158 Å². The van der Waals surface area contributed by atoms with Gasteiger partial charge in [0, 0.05) is 11.5 Å². The number of esters is 1. The molecule has 0 aromatic heterocycles. The second-order valence-corrected chi connectivity index (χ2v) is 10.1. The minimum absolute atomic E-state index is 0.0332. The van der Waals surface area contributed by atoms with E-state index in [9.17, 15) is 28.8 Å². The van der Waals surface area contributed by atoms with Crippen LogP contribution in [0.4, 0.5) is 0 Å². The van der Waals surface area contributed by atoms with E-state index in [1.165, 1.54) is 32.4 Å². The van der Waals surface area contributed by atoms with E-state index in [0.717, 1.165) is 4.90 Å². The Morgan fingerprint density at radius 2 is 1.80 bits per heavy atom. The lowest BCUT2D eigenvalue weighted by Gasteiger charge is -2.23. The zero-order chi connectivity index (χ0) is 26.6. The SMILES string of the molecule is CCOP(=O)(CC(=O)N(C)CC(=O)NC(COc1cc(Br)ccc1C(=O)O)CC(=O)OC)OCC. The molecule has 0 bridgehead atoms. The van der Waals surface area contributed by atoms with Gasteiger partial charge in [0.25, 0.3) is 0 Å². The quantitative estimate of drug-likeness (QED) is 0.233. The smallest absolute Gasteiger partial charge is 0.340 e. The highest BCUT2D eigenvalue weighted by atomic mass is 79.9. The molecule has 12 nitrogen and oxygen atoms in total. The van der Waals surface area contributed by atoms with Gasteiger partial charge < -0.3 is 33.8 Å². The average Bonchev–Trinajstić information content (AvgIpc) is 2.77. The third kappa shape index (κ3) is 10.8. The molecule has 0 spiro atoms. The summed E-state index contributed by atoms with van der Waals surface area (Å²) in [6, 6.07) is 3.44. The predicted molar refractivity (Wildman–Crippen MR) is 129 cm³/mol. The monoisotopic (exact) mass is 580 g/mol. The second-order valence-electron chi connectivity index (χ2n) is 7.16. The first kappa shape index (κ1) is 30.6. The van der Waals surface area contributed by atoms with Crippen molar-refractivity contribution in [3.8, 4) is 5.75 Å². The normalized spacial score (nSPS) is 11.9. The molecule has 0 aliphatic heterocycles. The molecular weight excluding hydrogens is 551 g/mol. The van der Waals surface area contributed by atoms with Gasteiger partial charge >= 0.3 is 19.5 Å². The molecule has 1 rings (SSSR count). The molecule has 0 saturated heterocycles. The number of hydrogen-bond acceptors (Lipinski definition) is 9. The van der Waals surface area contributed by atoms with E-state index in [1.54, 1.807) is 13.8 Å². The molecule has 196 valence electrons. The molecule has 0 radical (unpaired) electrons. The number of benzene rings is 1. The van der Waals surface area contributed by atoms with E-state index in [2.05, 4.69) is 26.0 Å². The Hall–Kier alpha value is -2.47. The number of carboxylic acid groups (broad SMARTS) is 1. The fourth-order valence-corrected chi connectivity index (χ4v) is 4.76. The zero-order valence-corrected chi connectivity index (χ0v) is 22.4. The van der Waals surface area contributed by atoms with Crippen LogP contribution in [-0.4, -0.2) is 86.5 Å². The van der Waals surface area contributed by atoms with Crippen molar-refractivity contribution in [1.82, 2.24) is 10.2 Å². The first-order valence-corrected chi connectivity index (χ1v) is 13.1. The van der Waals surface area contributed by atoms with Crippen LogP contribution in [0.2, 0.25) is 0 Å². The maximum atomic E-state index is 12.6. The maximum Gasteiger partial charge on any atom is 0.340 e. The summed E-state index contributed by atoms with van der Waals surface area (Å²) in [4.78, 5) is 49.3. The number of hydrogen-bond donors (Lipinski definition) is 2. The number of amides is 2. The van der Waals surface area contributed by atoms with Gasteiger partial charge in [-0.15, -0.1) is 0 Å². The number of halogens is 1. The molecule has 0 aliphatic carbocycles. The van der Waals surface area contributed by atoms with Crippen LogP contribution in [0.15, 0.2) is 22.7 Å². The van der Waals surface area contributed by atoms with Crippen molar-refractivity contribution in [2.24, 2.45) is 0 Å². The highest BCUT2D eigenvalue weighted by Crippen LogP contribution is 2.47. The van der Waals surface area contributed by atoms with Crippen LogP contribution in [-0.2, 0) is 32.7 Å². The minimum atomic E-state index is -3.64. The molecule has 1 unspecified atom stereocenters. The van der Waals surface area contributed by atoms with Crippen LogP contribution >= 0.6 is 23.5 Å². The molecule has 0 fully saturated rings. The fourth-order valence-electron chi connectivity index (χ4n) is 2.80. The standard InChI is InChI=1S/C21H30BrN2O10P/c1-5-33-35(30,34-6-2)13-19(26)24(3)11-18(25)23-15(10-20(27)31-4)12-32-17-9-14(22)7-8-16(17)21(28)29/h7-9,15H,5-6,10-13H2,1-4H3,(H,23,25)(H,28,29). The first-order chi connectivity index (χ1) is 16.4. The van der Waals surface area contributed by atoms with Crippen molar-refractivity contribution in [2.45, 2.75) is 26.3 Å². The minimum Gasteiger partial charge on any atom is -0.490 e. The van der Waals surface area contributed by atoms with Crippen LogP contribution in [0.3, 0.4) is 0 Å². The van der Waals surface area contributed by atoms with Crippen LogP contribution in [0.1, 0.15) is 30.6 Å². The number of carbonyl (C=O) groups is 4. The predicted octanol–water partition coefficient (Wildman–Crippen LogP) is 2.30. The summed E-state index contributed by atoms with van der Waals surface area (Å²) in [5.74, 6) is -3.08. The van der Waals surface area contributed by atoms with Gasteiger partial charge in [0.2, 0.25) is 11.8 Å². The summed E-state index contributed by atoms with van der Waals surface area (Å²) in [5.41, 5.74) is -0.102. The largest absolute Gasteiger partial charge is 0.490 e. The Balaban J connectivity index is 2.84. The summed E-state index contributed by atoms with van der Waals surface area (Å²) in [5, 5.41) is 11.9. The van der Waals surface area contributed by atoms with Gasteiger partial charge in [0.05, 0.1) is 39.3 Å². The summed E-state index contributed by atoms with van der Waals surface area (Å²) in [7, 11) is -1.12. The van der Waals surface area contributed by atoms with Crippen molar-refractivity contribution < 1.29 is 47.4 Å². The Labute approximate surface area is 211 Å². The van der Waals surface area contributed by atoms with E-state index in [1.807, 2.05) is 0 Å². The second kappa shape index (κ2) is 14.8. The number of nitrogens with zero attached hydrogens (tertiary/aromatic N) is 1. The lowest BCUT2D eigenvalue weighted by atomic mass is 10.2. The van der Waals surface area contributed by atoms with Crippen molar-refractivity contribution in [1.29, 1.82) is 0 Å². The van der Waals surface area contributed by atoms with E-state index in [0.29, 0.717) is 4.47 Å².